The third-order valence-corrected chi connectivity index (χ3v) is 3.72. The quantitative estimate of drug-likeness (QED) is 0.703. The highest BCUT2D eigenvalue weighted by Crippen LogP contribution is 2.30. The van der Waals surface area contributed by atoms with Gasteiger partial charge in [-0.05, 0) is 26.0 Å². The fourth-order valence-electron chi connectivity index (χ4n) is 1.47. The van der Waals surface area contributed by atoms with E-state index in [2.05, 4.69) is 5.43 Å². The summed E-state index contributed by atoms with van der Waals surface area (Å²) in [6.07, 6.45) is 0.177. The second kappa shape index (κ2) is 7.84. The summed E-state index contributed by atoms with van der Waals surface area (Å²) in [6.45, 7) is 6.05. The van der Waals surface area contributed by atoms with Crippen LogP contribution in [0.1, 0.15) is 27.2 Å². The van der Waals surface area contributed by atoms with Crippen LogP contribution in [0.2, 0.25) is 0 Å². The number of amides is 1. The van der Waals surface area contributed by atoms with Crippen LogP contribution in [0.25, 0.3) is 0 Å². The number of carbonyl (C=O) groups excluding carboxylic acids is 1. The molecule has 7 nitrogen and oxygen atoms in total. The second-order valence-electron chi connectivity index (χ2n) is 3.98. The lowest BCUT2D eigenvalue weighted by atomic mass is 10.3. The molecule has 0 aliphatic rings. The van der Waals surface area contributed by atoms with Crippen LogP contribution in [0, 0.1) is 0 Å². The minimum Gasteiger partial charge on any atom is -0.490 e. The van der Waals surface area contributed by atoms with Gasteiger partial charge in [0.05, 0.1) is 18.1 Å². The number of rotatable bonds is 8. The van der Waals surface area contributed by atoms with Gasteiger partial charge in [0, 0.05) is 12.5 Å². The molecule has 0 aromatic heterocycles. The lowest BCUT2D eigenvalue weighted by molar-refractivity contribution is -0.121. The van der Waals surface area contributed by atoms with Crippen LogP contribution in [0.5, 0.6) is 11.5 Å². The van der Waals surface area contributed by atoms with Gasteiger partial charge in [0.1, 0.15) is 0 Å². The second-order valence-corrected chi connectivity index (χ2v) is 5.66. The van der Waals surface area contributed by atoms with Gasteiger partial charge >= 0.3 is 0 Å². The van der Waals surface area contributed by atoms with E-state index in [4.69, 9.17) is 9.47 Å². The molecule has 2 N–H and O–H groups in total. The summed E-state index contributed by atoms with van der Waals surface area (Å²) in [6, 6.07) is 4.26. The van der Waals surface area contributed by atoms with Crippen LogP contribution in [0.4, 0.5) is 0 Å². The Kier molecular flexibility index (Phi) is 6.44. The van der Waals surface area contributed by atoms with Crippen molar-refractivity contribution < 1.29 is 22.7 Å². The molecule has 21 heavy (non-hydrogen) atoms. The Labute approximate surface area is 124 Å². The average Bonchev–Trinajstić information content (AvgIpc) is 2.47. The van der Waals surface area contributed by atoms with Crippen LogP contribution in [0.15, 0.2) is 23.1 Å². The Morgan fingerprint density at radius 3 is 2.29 bits per heavy atom. The lowest BCUT2D eigenvalue weighted by Crippen LogP contribution is -2.41. The molecule has 1 aromatic rings. The Balaban J connectivity index is 3.01. The molecule has 0 fully saturated rings. The molecule has 0 aliphatic carbocycles. The maximum Gasteiger partial charge on any atom is 0.257 e. The van der Waals surface area contributed by atoms with E-state index in [-0.39, 0.29) is 11.3 Å². The molecule has 1 aromatic carbocycles. The maximum absolute atomic E-state index is 12.1. The van der Waals surface area contributed by atoms with E-state index in [9.17, 15) is 13.2 Å². The highest BCUT2D eigenvalue weighted by Gasteiger charge is 2.17. The number of hydrogen-bond acceptors (Lipinski definition) is 5. The van der Waals surface area contributed by atoms with Gasteiger partial charge < -0.3 is 9.47 Å². The first-order valence-corrected chi connectivity index (χ1v) is 8.13. The van der Waals surface area contributed by atoms with Crippen LogP contribution < -0.4 is 19.7 Å². The third-order valence-electron chi connectivity index (χ3n) is 2.47. The van der Waals surface area contributed by atoms with Gasteiger partial charge in [-0.2, -0.15) is 0 Å². The summed E-state index contributed by atoms with van der Waals surface area (Å²) in [7, 11) is -3.86. The van der Waals surface area contributed by atoms with Gasteiger partial charge in [-0.25, -0.2) is 8.42 Å². The van der Waals surface area contributed by atoms with E-state index in [0.717, 1.165) is 0 Å². The van der Waals surface area contributed by atoms with Gasteiger partial charge in [0.15, 0.2) is 11.5 Å². The fraction of sp³-hybridized carbons (Fsp3) is 0.462. The zero-order valence-corrected chi connectivity index (χ0v) is 13.1. The molecular formula is C13H20N2O5S. The molecule has 0 heterocycles. The minimum absolute atomic E-state index is 0.0224. The molecule has 1 rings (SSSR count). The molecule has 0 saturated heterocycles. The van der Waals surface area contributed by atoms with E-state index in [1.54, 1.807) is 13.8 Å². The number of carbonyl (C=O) groups is 1. The van der Waals surface area contributed by atoms with Crippen molar-refractivity contribution in [2.45, 2.75) is 32.1 Å². The van der Waals surface area contributed by atoms with Crippen molar-refractivity contribution in [2.75, 3.05) is 13.2 Å². The molecule has 0 unspecified atom stereocenters. The molecular weight excluding hydrogens is 296 g/mol. The number of hydrazine groups is 1. The van der Waals surface area contributed by atoms with E-state index in [1.807, 2.05) is 11.8 Å². The fourth-order valence-corrected chi connectivity index (χ4v) is 2.35. The zero-order valence-electron chi connectivity index (χ0n) is 12.3. The monoisotopic (exact) mass is 316 g/mol. The zero-order chi connectivity index (χ0) is 15.9. The van der Waals surface area contributed by atoms with Gasteiger partial charge in [-0.15, -0.1) is 4.83 Å². The van der Waals surface area contributed by atoms with Gasteiger partial charge in [-0.3, -0.25) is 10.2 Å². The highest BCUT2D eigenvalue weighted by atomic mass is 32.2. The molecule has 0 saturated carbocycles. The van der Waals surface area contributed by atoms with E-state index in [0.29, 0.717) is 24.7 Å². The number of nitrogens with one attached hydrogen (secondary N) is 2. The highest BCUT2D eigenvalue weighted by molar-refractivity contribution is 7.89. The molecule has 0 aliphatic heterocycles. The number of ether oxygens (including phenoxy) is 2. The molecule has 0 spiro atoms. The first kappa shape index (κ1) is 17.3. The van der Waals surface area contributed by atoms with Gasteiger partial charge in [0.2, 0.25) is 5.91 Å². The minimum atomic E-state index is -3.86. The maximum atomic E-state index is 12.1. The Hall–Kier alpha value is -1.80. The molecule has 0 atom stereocenters. The van der Waals surface area contributed by atoms with Gasteiger partial charge in [0.25, 0.3) is 10.0 Å². The number of sulfonamides is 1. The molecule has 1 amide bonds. The predicted molar refractivity (Wildman–Crippen MR) is 77.5 cm³/mol. The van der Waals surface area contributed by atoms with Crippen molar-refractivity contribution in [3.8, 4) is 11.5 Å². The molecule has 8 heteroatoms. The summed E-state index contributed by atoms with van der Waals surface area (Å²) in [5.74, 6) is 0.384. The van der Waals surface area contributed by atoms with E-state index in [1.165, 1.54) is 18.2 Å². The molecule has 0 radical (unpaired) electrons. The van der Waals surface area contributed by atoms with Crippen LogP contribution in [-0.4, -0.2) is 27.5 Å². The van der Waals surface area contributed by atoms with Crippen molar-refractivity contribution in [3.05, 3.63) is 18.2 Å². The van der Waals surface area contributed by atoms with Crippen molar-refractivity contribution in [3.63, 3.8) is 0 Å². The van der Waals surface area contributed by atoms with Crippen molar-refractivity contribution in [2.24, 2.45) is 0 Å². The number of benzene rings is 1. The summed E-state index contributed by atoms with van der Waals surface area (Å²) in [5.41, 5.74) is 2.11. The SMILES string of the molecule is CCOc1ccc(S(=O)(=O)NNC(=O)CC)cc1OCC. The largest absolute Gasteiger partial charge is 0.490 e. The lowest BCUT2D eigenvalue weighted by Gasteiger charge is -2.13. The number of hydrogen-bond donors (Lipinski definition) is 2. The third kappa shape index (κ3) is 4.91. The van der Waals surface area contributed by atoms with Crippen molar-refractivity contribution in [1.82, 2.24) is 10.3 Å². The van der Waals surface area contributed by atoms with Gasteiger partial charge in [-0.1, -0.05) is 6.92 Å². The summed E-state index contributed by atoms with van der Waals surface area (Å²) in [5, 5.41) is 0. The molecule has 0 bridgehead atoms. The van der Waals surface area contributed by atoms with E-state index >= 15 is 0 Å². The van der Waals surface area contributed by atoms with Crippen LogP contribution in [0.3, 0.4) is 0 Å². The normalized spacial score (nSPS) is 11.0. The Bertz CT molecular complexity index is 586. The standard InChI is InChI=1S/C13H20N2O5S/c1-4-13(16)14-15-21(17,18)10-7-8-11(19-5-2)12(9-10)20-6-3/h7-9,15H,4-6H2,1-3H3,(H,14,16). The molecule has 118 valence electrons. The van der Waals surface area contributed by atoms with E-state index < -0.39 is 15.9 Å². The summed E-state index contributed by atoms with van der Waals surface area (Å²) < 4.78 is 34.8. The van der Waals surface area contributed by atoms with Crippen molar-refractivity contribution >= 4 is 15.9 Å². The first-order chi connectivity index (χ1) is 9.94. The average molecular weight is 316 g/mol. The summed E-state index contributed by atoms with van der Waals surface area (Å²) in [4.78, 5) is 13.1. The topological polar surface area (TPSA) is 93.7 Å². The van der Waals surface area contributed by atoms with Crippen LogP contribution >= 0.6 is 0 Å². The Morgan fingerprint density at radius 2 is 1.71 bits per heavy atom. The summed E-state index contributed by atoms with van der Waals surface area (Å²) >= 11 is 0. The predicted octanol–water partition coefficient (Wildman–Crippen LogP) is 1.20. The van der Waals surface area contributed by atoms with Crippen LogP contribution in [-0.2, 0) is 14.8 Å². The first-order valence-electron chi connectivity index (χ1n) is 6.64. The van der Waals surface area contributed by atoms with Crippen molar-refractivity contribution in [1.29, 1.82) is 0 Å². The smallest absolute Gasteiger partial charge is 0.257 e. The Morgan fingerprint density at radius 1 is 1.10 bits per heavy atom.